The summed E-state index contributed by atoms with van der Waals surface area (Å²) in [6.45, 7) is 3.94. The molecule has 86 valence electrons. The van der Waals surface area contributed by atoms with Gasteiger partial charge in [-0.25, -0.2) is 0 Å². The number of carbonyl (C=O) groups is 1. The molecule has 0 fully saturated rings. The van der Waals surface area contributed by atoms with E-state index in [2.05, 4.69) is 6.92 Å². The summed E-state index contributed by atoms with van der Waals surface area (Å²) >= 11 is 0. The summed E-state index contributed by atoms with van der Waals surface area (Å²) in [4.78, 5) is 10.3. The maximum atomic E-state index is 10.3. The summed E-state index contributed by atoms with van der Waals surface area (Å²) in [5.41, 5.74) is 0. The number of unbranched alkanes of at least 4 members (excludes halogenated alkanes) is 1. The van der Waals surface area contributed by atoms with Gasteiger partial charge in [0.1, 0.15) is 0 Å². The van der Waals surface area contributed by atoms with Gasteiger partial charge in [0.15, 0.2) is 0 Å². The number of hydrogen-bond acceptors (Lipinski definition) is 5. The first-order valence-corrected chi connectivity index (χ1v) is 4.63. The number of carboxylic acids is 1. The van der Waals surface area contributed by atoms with Crippen molar-refractivity contribution in [3.8, 4) is 0 Å². The Morgan fingerprint density at radius 3 is 1.87 bits per heavy atom. The molecule has 0 saturated carbocycles. The molecule has 1 atom stereocenters. The van der Waals surface area contributed by atoms with E-state index in [0.717, 1.165) is 19.3 Å². The van der Waals surface area contributed by atoms with Crippen molar-refractivity contribution in [1.82, 2.24) is 0 Å². The molecule has 0 rings (SSSR count). The Labute approximate surface area is 110 Å². The Morgan fingerprint density at radius 1 is 1.27 bits per heavy atom. The third kappa shape index (κ3) is 20.4. The minimum absolute atomic E-state index is 0. The molecule has 0 spiro atoms. The van der Waals surface area contributed by atoms with Crippen LogP contribution in [-0.4, -0.2) is 39.5 Å². The van der Waals surface area contributed by atoms with E-state index in [-0.39, 0.29) is 32.1 Å². The zero-order valence-electron chi connectivity index (χ0n) is 9.02. The SMILES string of the molecule is CCCCC(CC)C(=O)[O-].[BiH+4].[O-]B([O-])[O-]. The van der Waals surface area contributed by atoms with Crippen molar-refractivity contribution in [2.24, 2.45) is 5.92 Å². The average Bonchev–Trinajstić information content (AvgIpc) is 2.04. The second-order valence-electron chi connectivity index (χ2n) is 2.86. The Morgan fingerprint density at radius 2 is 1.67 bits per heavy atom. The Bertz CT molecular complexity index is 142. The molecule has 0 aromatic heterocycles. The molecule has 0 aliphatic rings. The monoisotopic (exact) mass is 412 g/mol. The zero-order valence-corrected chi connectivity index (χ0v) is 12.9. The van der Waals surface area contributed by atoms with Crippen LogP contribution < -0.4 is 20.2 Å². The van der Waals surface area contributed by atoms with E-state index in [1.165, 1.54) is 0 Å². The van der Waals surface area contributed by atoms with E-state index >= 15 is 0 Å². The van der Waals surface area contributed by atoms with Crippen LogP contribution in [0.4, 0.5) is 0 Å². The van der Waals surface area contributed by atoms with Gasteiger partial charge < -0.3 is 25.0 Å². The van der Waals surface area contributed by atoms with Gasteiger partial charge in [-0.15, -0.1) is 0 Å². The quantitative estimate of drug-likeness (QED) is 0.433. The zero-order chi connectivity index (χ0) is 11.6. The predicted molar refractivity (Wildman–Crippen MR) is 51.2 cm³/mol. The average molecular weight is 412 g/mol. The minimum atomic E-state index is -2.92. The number of aliphatic carboxylic acids is 1. The van der Waals surface area contributed by atoms with E-state index in [9.17, 15) is 9.90 Å². The van der Waals surface area contributed by atoms with Crippen LogP contribution >= 0.6 is 0 Å². The van der Waals surface area contributed by atoms with Gasteiger partial charge in [-0.1, -0.05) is 26.7 Å². The van der Waals surface area contributed by atoms with Gasteiger partial charge in [-0.2, -0.15) is 0 Å². The molecule has 0 aliphatic heterocycles. The molecule has 0 saturated heterocycles. The van der Waals surface area contributed by atoms with Crippen LogP contribution in [0.5, 0.6) is 0 Å². The van der Waals surface area contributed by atoms with Crippen LogP contribution in [0.3, 0.4) is 0 Å². The van der Waals surface area contributed by atoms with Gasteiger partial charge in [0, 0.05) is 5.97 Å². The summed E-state index contributed by atoms with van der Waals surface area (Å²) < 4.78 is 0. The second-order valence-corrected chi connectivity index (χ2v) is 2.86. The number of carbonyl (C=O) groups excluding carboxylic acids is 1. The Kier molecular flexibility index (Phi) is 19.7. The van der Waals surface area contributed by atoms with Crippen LogP contribution in [0.15, 0.2) is 0 Å². The van der Waals surface area contributed by atoms with Crippen LogP contribution in [0.2, 0.25) is 0 Å². The molecule has 5 nitrogen and oxygen atoms in total. The van der Waals surface area contributed by atoms with Gasteiger partial charge in [-0.3, -0.25) is 7.32 Å². The van der Waals surface area contributed by atoms with E-state index < -0.39 is 13.3 Å². The maximum Gasteiger partial charge on any atom is -0.278 e. The topological polar surface area (TPSA) is 109 Å². The van der Waals surface area contributed by atoms with Crippen molar-refractivity contribution in [3.63, 3.8) is 0 Å². The fourth-order valence-corrected chi connectivity index (χ4v) is 0.939. The van der Waals surface area contributed by atoms with E-state index in [1.807, 2.05) is 6.92 Å². The Hall–Kier alpha value is 0.298. The van der Waals surface area contributed by atoms with Crippen LogP contribution in [0.25, 0.3) is 0 Å². The molecule has 0 aliphatic carbocycles. The van der Waals surface area contributed by atoms with Gasteiger partial charge in [0.25, 0.3) is 0 Å². The molecule has 0 N–H and O–H groups in total. The molecule has 0 amide bonds. The van der Waals surface area contributed by atoms with Crippen molar-refractivity contribution in [2.45, 2.75) is 39.5 Å². The largest absolute Gasteiger partial charge is 0.907 e. The van der Waals surface area contributed by atoms with Crippen molar-refractivity contribution in [3.05, 3.63) is 0 Å². The molecule has 0 aromatic carbocycles. The molecule has 0 radical (unpaired) electrons. The fraction of sp³-hybridized carbons (Fsp3) is 0.875. The van der Waals surface area contributed by atoms with E-state index in [0.29, 0.717) is 6.42 Å². The first-order chi connectivity index (χ1) is 6.45. The van der Waals surface area contributed by atoms with Crippen LogP contribution in [0.1, 0.15) is 39.5 Å². The smallest absolute Gasteiger partial charge is 0.278 e. The van der Waals surface area contributed by atoms with Crippen molar-refractivity contribution < 1.29 is 25.0 Å². The van der Waals surface area contributed by atoms with E-state index in [4.69, 9.17) is 15.1 Å². The van der Waals surface area contributed by atoms with Gasteiger partial charge in [-0.05, 0) is 18.8 Å². The minimum Gasteiger partial charge on any atom is -0.907 e. The van der Waals surface area contributed by atoms with Crippen molar-refractivity contribution in [2.75, 3.05) is 0 Å². The first-order valence-electron chi connectivity index (χ1n) is 4.63. The molecule has 0 aromatic rings. The van der Waals surface area contributed by atoms with Crippen molar-refractivity contribution in [1.29, 1.82) is 0 Å². The fourth-order valence-electron chi connectivity index (χ4n) is 0.939. The third-order valence-electron chi connectivity index (χ3n) is 1.73. The van der Waals surface area contributed by atoms with Gasteiger partial charge >= 0.3 is 26.2 Å². The summed E-state index contributed by atoms with van der Waals surface area (Å²) in [6.07, 6.45) is 3.52. The number of hydrogen-bond donors (Lipinski definition) is 0. The van der Waals surface area contributed by atoms with Gasteiger partial charge in [0.2, 0.25) is 0 Å². The molecular formula is C8H16BBiO5. The second kappa shape index (κ2) is 14.3. The summed E-state index contributed by atoms with van der Waals surface area (Å²) in [5.74, 6) is -1.11. The molecule has 0 bridgehead atoms. The molecular weight excluding hydrogens is 396 g/mol. The Balaban J connectivity index is -0.000000249. The molecule has 0 heterocycles. The summed E-state index contributed by atoms with van der Waals surface area (Å²) in [5, 5.41) is 35.6. The first kappa shape index (κ1) is 20.7. The van der Waals surface area contributed by atoms with Crippen molar-refractivity contribution >= 4 is 39.5 Å². The third-order valence-corrected chi connectivity index (χ3v) is 1.73. The molecule has 7 heteroatoms. The number of carboxylic acid groups (broad SMARTS) is 1. The normalized spacial score (nSPS) is 10.5. The predicted octanol–water partition coefficient (Wildman–Crippen LogP) is -3.64. The molecule has 15 heavy (non-hydrogen) atoms. The summed E-state index contributed by atoms with van der Waals surface area (Å²) in [6, 6.07) is 0. The van der Waals surface area contributed by atoms with Crippen LogP contribution in [0, 0.1) is 5.92 Å². The maximum absolute atomic E-state index is 10.3. The van der Waals surface area contributed by atoms with E-state index in [1.54, 1.807) is 0 Å². The number of rotatable bonds is 5. The van der Waals surface area contributed by atoms with Crippen LogP contribution in [-0.2, 0) is 4.79 Å². The van der Waals surface area contributed by atoms with Gasteiger partial charge in [0.05, 0.1) is 0 Å². The standard InChI is InChI=1S/C8H16O2.BO3.Bi.H/c1-3-5-6-7(4-2)8(9)10;2-1(3)4;;/h7H,3-6H2,1-2H3,(H,9,10);;;/q;-3;+4;/p-1. The molecule has 1 unspecified atom stereocenters. The summed E-state index contributed by atoms with van der Waals surface area (Å²) in [7, 11) is -2.92.